The van der Waals surface area contributed by atoms with Crippen molar-refractivity contribution >= 4 is 34.6 Å². The van der Waals surface area contributed by atoms with E-state index in [0.29, 0.717) is 16.7 Å². The molecule has 0 fully saturated rings. The fourth-order valence-corrected chi connectivity index (χ4v) is 12.4. The van der Waals surface area contributed by atoms with Crippen molar-refractivity contribution in [2.24, 2.45) is 0 Å². The average molecular weight is 998 g/mol. The molecule has 8 heteroatoms. The van der Waals surface area contributed by atoms with Crippen molar-refractivity contribution in [3.8, 4) is 44.5 Å². The van der Waals surface area contributed by atoms with Crippen molar-refractivity contribution < 1.29 is 0 Å². The Bertz CT molecular complexity index is 3050. The van der Waals surface area contributed by atoms with Crippen LogP contribution in [-0.4, -0.2) is 26.6 Å². The summed E-state index contributed by atoms with van der Waals surface area (Å²) in [6.07, 6.45) is 8.05. The molecule has 0 saturated carbocycles. The number of nitrogens with zero attached hydrogens (tertiary/aromatic N) is 6. The van der Waals surface area contributed by atoms with Crippen LogP contribution >= 0.6 is 23.2 Å². The van der Waals surface area contributed by atoms with Crippen molar-refractivity contribution in [1.82, 2.24) is 19.9 Å². The summed E-state index contributed by atoms with van der Waals surface area (Å²) in [4.78, 5) is 26.0. The van der Waals surface area contributed by atoms with Gasteiger partial charge in [-0.15, -0.1) is 0 Å². The number of rotatable bonds is 10. The molecule has 5 heterocycles. The molecule has 1 aliphatic heterocycles. The Labute approximate surface area is 441 Å². The van der Waals surface area contributed by atoms with Crippen LogP contribution in [0.25, 0.3) is 44.5 Å². The third-order valence-corrected chi connectivity index (χ3v) is 15.4. The summed E-state index contributed by atoms with van der Waals surface area (Å²) in [5.74, 6) is 0. The van der Waals surface area contributed by atoms with Crippen molar-refractivity contribution in [2.45, 2.75) is 95.2 Å². The lowest BCUT2D eigenvalue weighted by atomic mass is 9.93. The number of benzene rings is 5. The van der Waals surface area contributed by atoms with Gasteiger partial charge in [0.2, 0.25) is 0 Å². The summed E-state index contributed by atoms with van der Waals surface area (Å²) in [6.45, 7) is 26.4. The first-order valence-electron chi connectivity index (χ1n) is 25.1. The lowest BCUT2D eigenvalue weighted by Gasteiger charge is -2.33. The van der Waals surface area contributed by atoms with Crippen LogP contribution in [0.4, 0.5) is 11.4 Å². The highest BCUT2D eigenvalue weighted by atomic mass is 35.5. The molecule has 6 nitrogen and oxygen atoms in total. The zero-order valence-corrected chi connectivity index (χ0v) is 45.5. The molecule has 0 atom stereocenters. The monoisotopic (exact) mass is 996 g/mol. The molecule has 5 aromatic carbocycles. The Balaban J connectivity index is 1.13. The van der Waals surface area contributed by atoms with Gasteiger partial charge in [0.1, 0.15) is 12.1 Å². The third-order valence-electron chi connectivity index (χ3n) is 14.7. The molecule has 0 unspecified atom stereocenters. The molecule has 0 saturated heterocycles. The van der Waals surface area contributed by atoms with E-state index in [2.05, 4.69) is 190 Å². The van der Waals surface area contributed by atoms with Crippen molar-refractivity contribution in [3.63, 3.8) is 0 Å². The van der Waals surface area contributed by atoms with Crippen molar-refractivity contribution in [2.75, 3.05) is 16.5 Å². The number of anilines is 2. The number of fused-ring (bicyclic) bond motifs is 1. The summed E-state index contributed by atoms with van der Waals surface area (Å²) in [6, 6.07) is 38.5. The smallest absolute Gasteiger partial charge is 0.115 e. The highest BCUT2D eigenvalue weighted by Crippen LogP contribution is 2.50. The maximum Gasteiger partial charge on any atom is 0.115 e. The quantitative estimate of drug-likeness (QED) is 0.136. The highest BCUT2D eigenvalue weighted by Gasteiger charge is 2.40. The van der Waals surface area contributed by atoms with E-state index in [1.165, 1.54) is 89.0 Å². The molecule has 1 aliphatic rings. The van der Waals surface area contributed by atoms with Gasteiger partial charge in [-0.05, 0) is 186 Å². The van der Waals surface area contributed by atoms with Gasteiger partial charge in [-0.25, -0.2) is 0 Å². The molecule has 0 aliphatic carbocycles. The summed E-state index contributed by atoms with van der Waals surface area (Å²) < 4.78 is 0. The molecule has 4 aromatic heterocycles. The van der Waals surface area contributed by atoms with Gasteiger partial charge < -0.3 is 9.80 Å². The van der Waals surface area contributed by atoms with E-state index in [-0.39, 0.29) is 0 Å². The molecule has 0 spiro atoms. The lowest BCUT2D eigenvalue weighted by molar-refractivity contribution is 0.628. The molecule has 0 bridgehead atoms. The number of halogens is 2. The van der Waals surface area contributed by atoms with Crippen LogP contribution in [-0.2, 0) is 0 Å². The van der Waals surface area contributed by atoms with E-state index in [9.17, 15) is 0 Å². The second-order valence-corrected chi connectivity index (χ2v) is 21.4. The molecule has 366 valence electrons. The lowest BCUT2D eigenvalue weighted by Crippen LogP contribution is -2.38. The fourth-order valence-electron chi connectivity index (χ4n) is 12.1. The first kappa shape index (κ1) is 49.5. The third kappa shape index (κ3) is 9.44. The zero-order chi connectivity index (χ0) is 51.6. The van der Waals surface area contributed by atoms with Crippen LogP contribution in [0, 0.1) is 83.1 Å². The van der Waals surface area contributed by atoms with Crippen LogP contribution in [0.3, 0.4) is 0 Å². The molecule has 10 rings (SSSR count). The number of hydrogen-bond donors (Lipinski definition) is 0. The fraction of sp³-hybridized carbons (Fsp3) is 0.231. The Hall–Kier alpha value is -7.12. The van der Waals surface area contributed by atoms with Gasteiger partial charge >= 0.3 is 0 Å². The first-order valence-corrected chi connectivity index (χ1v) is 25.9. The molecule has 0 radical (unpaired) electrons. The first-order chi connectivity index (χ1) is 34.9. The second kappa shape index (κ2) is 19.7. The molecule has 73 heavy (non-hydrogen) atoms. The molecular formula is C65H62Cl2N6. The van der Waals surface area contributed by atoms with Crippen molar-refractivity contribution in [1.29, 1.82) is 0 Å². The highest BCUT2D eigenvalue weighted by molar-refractivity contribution is 6.42. The van der Waals surface area contributed by atoms with E-state index < -0.39 is 12.1 Å². The van der Waals surface area contributed by atoms with E-state index in [1.807, 2.05) is 36.9 Å². The van der Waals surface area contributed by atoms with Gasteiger partial charge in [0.05, 0.1) is 50.9 Å². The second-order valence-electron chi connectivity index (χ2n) is 20.6. The summed E-state index contributed by atoms with van der Waals surface area (Å²) in [5, 5.41) is 0.921. The van der Waals surface area contributed by atoms with Gasteiger partial charge in [0, 0.05) is 47.0 Å². The minimum Gasteiger partial charge on any atom is -0.338 e. The SMILES string of the molecule is Cc1cc(C)c(-c2ccc(C(c3ccc(-c4c(C)cc(C)cc4C)cn3)N3CN(C(c4ccc(-c5c(C)cc(C)cc5C)cn4)c4ccc(-c5c(C)cc(C)cc5C)cn4)c4cc(Cl)c(Cl)cc43)nc2)c(C)c1. The largest absolute Gasteiger partial charge is 0.338 e. The summed E-state index contributed by atoms with van der Waals surface area (Å²) >= 11 is 14.1. The maximum atomic E-state index is 7.06. The Morgan fingerprint density at radius 3 is 0.740 bits per heavy atom. The minimum absolute atomic E-state index is 0.416. The predicted molar refractivity (Wildman–Crippen MR) is 306 cm³/mol. The van der Waals surface area contributed by atoms with Gasteiger partial charge in [0.25, 0.3) is 0 Å². The van der Waals surface area contributed by atoms with Gasteiger partial charge in [-0.3, -0.25) is 19.9 Å². The van der Waals surface area contributed by atoms with Crippen LogP contribution in [0.15, 0.2) is 134 Å². The van der Waals surface area contributed by atoms with Gasteiger partial charge in [0.15, 0.2) is 0 Å². The van der Waals surface area contributed by atoms with Crippen LogP contribution in [0.1, 0.15) is 102 Å². The number of hydrogen-bond acceptors (Lipinski definition) is 6. The van der Waals surface area contributed by atoms with Crippen LogP contribution in [0.2, 0.25) is 10.0 Å². The predicted octanol–water partition coefficient (Wildman–Crippen LogP) is 17.1. The number of pyridine rings is 4. The molecule has 9 aromatic rings. The zero-order valence-electron chi connectivity index (χ0n) is 44.0. The van der Waals surface area contributed by atoms with E-state index in [1.54, 1.807) is 0 Å². The Morgan fingerprint density at radius 2 is 0.548 bits per heavy atom. The van der Waals surface area contributed by atoms with E-state index in [0.717, 1.165) is 56.4 Å². The number of aromatic nitrogens is 4. The normalized spacial score (nSPS) is 12.4. The van der Waals surface area contributed by atoms with E-state index >= 15 is 0 Å². The standard InChI is InChI=1S/C65H62Cl2N6/c1-36-21-40(5)60(41(6)22-36)48-13-17-54(68-31-48)64(55-18-14-49(32-69-55)61-42(7)23-37(2)24-43(61)8)72-35-73(59-30-53(67)52(66)29-58(59)72)65(56-19-15-50(33-70-56)62-44(9)25-38(3)26-45(62)10)57-20-16-51(34-71-57)63-46(11)27-39(4)28-47(63)12/h13-34,64-65H,35H2,1-12H3. The molecule has 0 amide bonds. The van der Waals surface area contributed by atoms with E-state index in [4.69, 9.17) is 43.1 Å². The Kier molecular flexibility index (Phi) is 13.4. The number of aryl methyl sites for hydroxylation is 12. The van der Waals surface area contributed by atoms with Gasteiger partial charge in [-0.2, -0.15) is 0 Å². The summed E-state index contributed by atoms with van der Waals surface area (Å²) in [7, 11) is 0. The van der Waals surface area contributed by atoms with Crippen molar-refractivity contribution in [3.05, 3.63) is 234 Å². The van der Waals surface area contributed by atoms with Crippen LogP contribution < -0.4 is 9.80 Å². The van der Waals surface area contributed by atoms with Gasteiger partial charge in [-0.1, -0.05) is 118 Å². The maximum absolute atomic E-state index is 7.06. The average Bonchev–Trinajstić information content (AvgIpc) is 3.66. The minimum atomic E-state index is -0.434. The summed E-state index contributed by atoms with van der Waals surface area (Å²) in [5.41, 5.74) is 29.0. The molecular weight excluding hydrogens is 936 g/mol. The molecule has 0 N–H and O–H groups in total. The topological polar surface area (TPSA) is 58.0 Å². The van der Waals surface area contributed by atoms with Crippen LogP contribution in [0.5, 0.6) is 0 Å². The Morgan fingerprint density at radius 1 is 0.329 bits per heavy atom.